The summed E-state index contributed by atoms with van der Waals surface area (Å²) in [6.45, 7) is 3.33. The van der Waals surface area contributed by atoms with E-state index in [0.29, 0.717) is 32.1 Å². The van der Waals surface area contributed by atoms with E-state index in [1.54, 1.807) is 6.08 Å². The van der Waals surface area contributed by atoms with Gasteiger partial charge >= 0.3 is 19.8 Å². The lowest BCUT2D eigenvalue weighted by atomic mass is 9.89. The van der Waals surface area contributed by atoms with E-state index in [4.69, 9.17) is 19.3 Å². The smallest absolute Gasteiger partial charge is 0.462 e. The van der Waals surface area contributed by atoms with E-state index in [-0.39, 0.29) is 37.7 Å². The molecule has 306 valence electrons. The Balaban J connectivity index is 2.34. The van der Waals surface area contributed by atoms with Crippen molar-refractivity contribution in [3.05, 3.63) is 48.6 Å². The van der Waals surface area contributed by atoms with E-state index in [9.17, 15) is 29.5 Å². The topological polar surface area (TPSA) is 180 Å². The lowest BCUT2D eigenvalue weighted by Crippen LogP contribution is -2.29. The molecule has 53 heavy (non-hydrogen) atoms. The molecule has 0 aromatic rings. The van der Waals surface area contributed by atoms with Crippen LogP contribution >= 0.6 is 7.82 Å². The van der Waals surface area contributed by atoms with Crippen LogP contribution in [0.4, 0.5) is 0 Å². The molecule has 0 bridgehead atoms. The third-order valence-corrected chi connectivity index (χ3v) is 9.88. The summed E-state index contributed by atoms with van der Waals surface area (Å²) in [6, 6.07) is 0. The molecule has 0 spiro atoms. The maximum absolute atomic E-state index is 12.5. The number of carbonyl (C=O) groups is 2. The van der Waals surface area contributed by atoms with Crippen LogP contribution in [-0.4, -0.2) is 74.7 Å². The van der Waals surface area contributed by atoms with Gasteiger partial charge < -0.3 is 34.6 Å². The molecule has 1 aliphatic rings. The fraction of sp³-hybridized carbons (Fsp3) is 0.756. The van der Waals surface area contributed by atoms with E-state index in [1.807, 2.05) is 18.2 Å². The van der Waals surface area contributed by atoms with Crippen molar-refractivity contribution >= 4 is 19.8 Å². The van der Waals surface area contributed by atoms with Gasteiger partial charge in [-0.05, 0) is 70.1 Å². The fourth-order valence-corrected chi connectivity index (χ4v) is 6.64. The number of hydrogen-bond acceptors (Lipinski definition) is 9. The van der Waals surface area contributed by atoms with Crippen molar-refractivity contribution in [2.24, 2.45) is 11.8 Å². The van der Waals surface area contributed by atoms with Gasteiger partial charge in [-0.3, -0.25) is 14.1 Å². The lowest BCUT2D eigenvalue weighted by molar-refractivity contribution is -0.161. The van der Waals surface area contributed by atoms with Gasteiger partial charge in [0.25, 0.3) is 0 Å². The van der Waals surface area contributed by atoms with Crippen LogP contribution in [0.3, 0.4) is 0 Å². The highest BCUT2D eigenvalue weighted by molar-refractivity contribution is 7.46. The zero-order valence-corrected chi connectivity index (χ0v) is 33.4. The molecular formula is C41H71O11P. The molecule has 1 saturated carbocycles. The summed E-state index contributed by atoms with van der Waals surface area (Å²) in [5.41, 5.74) is 0. The highest BCUT2D eigenvalue weighted by atomic mass is 31.2. The number of aliphatic hydroxyl groups excluding tert-OH is 3. The molecule has 1 aliphatic carbocycles. The molecule has 1 fully saturated rings. The zero-order valence-electron chi connectivity index (χ0n) is 32.5. The van der Waals surface area contributed by atoms with Gasteiger partial charge in [-0.25, -0.2) is 4.57 Å². The predicted octanol–water partition coefficient (Wildman–Crippen LogP) is 8.34. The van der Waals surface area contributed by atoms with Crippen molar-refractivity contribution in [1.29, 1.82) is 0 Å². The largest absolute Gasteiger partial charge is 0.469 e. The van der Waals surface area contributed by atoms with Crippen LogP contribution in [0, 0.1) is 11.8 Å². The Labute approximate surface area is 319 Å². The molecule has 0 saturated heterocycles. The Bertz CT molecular complexity index is 1120. The summed E-state index contributed by atoms with van der Waals surface area (Å²) in [5, 5.41) is 31.2. The summed E-state index contributed by atoms with van der Waals surface area (Å²) in [4.78, 5) is 43.0. The second-order valence-electron chi connectivity index (χ2n) is 14.2. The molecule has 0 heterocycles. The average Bonchev–Trinajstić information content (AvgIpc) is 3.38. The summed E-state index contributed by atoms with van der Waals surface area (Å²) in [6.07, 6.45) is 30.7. The zero-order chi connectivity index (χ0) is 39.2. The maximum Gasteiger partial charge on any atom is 0.469 e. The standard InChI is InChI=1S/C41H71O11P/c1-3-5-7-8-9-10-11-12-13-14-15-16-17-18-23-27-40(45)50-32-35(33-51-53(47,48)49)52-41(46)28-24-20-19-22-26-36-37(39(44)31-38(36)43)30-29-34(42)25-21-6-4-2/h9-10,12-13,19,22,29-30,34-39,42-44H,3-8,11,14-18,20-21,23-28,31-33H2,1-2H3,(H2,47,48,49)/b10-9-,13-12-,22-19+,30-29+/t34-,35+,36+,37+,38-,39+/m0/s1. The summed E-state index contributed by atoms with van der Waals surface area (Å²) in [5.74, 6) is -1.52. The molecule has 0 aliphatic heterocycles. The number of esters is 2. The molecule has 6 atom stereocenters. The number of rotatable bonds is 32. The molecule has 0 radical (unpaired) electrons. The SMILES string of the molecule is CCCCC/C=C\C/C=C\CCCCCCCC(=O)OC[C@H](COP(=O)(O)O)OC(=O)CCC/C=C/C[C@@H]1[C@@H](/C=C/[C@@H](O)CCCCC)[C@H](O)C[C@@H]1O. The lowest BCUT2D eigenvalue weighted by Gasteiger charge is -2.19. The van der Waals surface area contributed by atoms with Crippen molar-refractivity contribution in [3.63, 3.8) is 0 Å². The first-order chi connectivity index (χ1) is 25.5. The van der Waals surface area contributed by atoms with Crippen molar-refractivity contribution in [3.8, 4) is 0 Å². The molecule has 0 aromatic carbocycles. The Morgan fingerprint density at radius 1 is 0.736 bits per heavy atom. The first-order valence-corrected chi connectivity index (χ1v) is 21.7. The van der Waals surface area contributed by atoms with E-state index < -0.39 is 50.8 Å². The number of ether oxygens (including phenoxy) is 2. The van der Waals surface area contributed by atoms with Crippen LogP contribution < -0.4 is 0 Å². The number of carbonyl (C=O) groups excluding carboxylic acids is 2. The molecule has 11 nitrogen and oxygen atoms in total. The van der Waals surface area contributed by atoms with E-state index in [0.717, 1.165) is 64.2 Å². The first kappa shape index (κ1) is 48.9. The van der Waals surface area contributed by atoms with Gasteiger partial charge in [0.05, 0.1) is 24.9 Å². The number of unbranched alkanes of at least 4 members (excludes halogenated alkanes) is 11. The van der Waals surface area contributed by atoms with Gasteiger partial charge in [0.1, 0.15) is 6.61 Å². The molecule has 0 amide bonds. The molecule has 0 unspecified atom stereocenters. The fourth-order valence-electron chi connectivity index (χ4n) is 6.28. The molecule has 12 heteroatoms. The summed E-state index contributed by atoms with van der Waals surface area (Å²) < 4.78 is 26.3. The molecule has 5 N–H and O–H groups in total. The Hall–Kier alpha value is -2.11. The van der Waals surface area contributed by atoms with Crippen LogP contribution in [0.15, 0.2) is 48.6 Å². The van der Waals surface area contributed by atoms with Crippen molar-refractivity contribution in [1.82, 2.24) is 0 Å². The van der Waals surface area contributed by atoms with E-state index in [2.05, 4.69) is 42.7 Å². The van der Waals surface area contributed by atoms with Gasteiger partial charge in [0.2, 0.25) is 0 Å². The van der Waals surface area contributed by atoms with Crippen LogP contribution in [0.5, 0.6) is 0 Å². The normalized spacial score (nSPS) is 20.7. The quantitative estimate of drug-likeness (QED) is 0.0192. The van der Waals surface area contributed by atoms with Gasteiger partial charge in [0.15, 0.2) is 6.10 Å². The van der Waals surface area contributed by atoms with E-state index in [1.165, 1.54) is 19.3 Å². The van der Waals surface area contributed by atoms with Crippen LogP contribution in [0.25, 0.3) is 0 Å². The predicted molar refractivity (Wildman–Crippen MR) is 209 cm³/mol. The molecule has 0 aromatic heterocycles. The van der Waals surface area contributed by atoms with Gasteiger partial charge in [0, 0.05) is 25.2 Å². The summed E-state index contributed by atoms with van der Waals surface area (Å²) >= 11 is 0. The monoisotopic (exact) mass is 770 g/mol. The van der Waals surface area contributed by atoms with Crippen molar-refractivity contribution < 1.29 is 53.3 Å². The number of aliphatic hydroxyl groups is 3. The van der Waals surface area contributed by atoms with Crippen LogP contribution in [0.1, 0.15) is 149 Å². The minimum absolute atomic E-state index is 0.0305. The van der Waals surface area contributed by atoms with Gasteiger partial charge in [-0.2, -0.15) is 0 Å². The number of allylic oxidation sites excluding steroid dienone is 6. The minimum Gasteiger partial charge on any atom is -0.462 e. The number of phosphoric ester groups is 1. The second-order valence-corrected chi connectivity index (χ2v) is 15.5. The Morgan fingerprint density at radius 3 is 2.04 bits per heavy atom. The number of phosphoric acid groups is 1. The summed E-state index contributed by atoms with van der Waals surface area (Å²) in [7, 11) is -4.83. The molecular weight excluding hydrogens is 699 g/mol. The van der Waals surface area contributed by atoms with Crippen molar-refractivity contribution in [2.75, 3.05) is 13.2 Å². The molecule has 1 rings (SSSR count). The highest BCUT2D eigenvalue weighted by Crippen LogP contribution is 2.37. The van der Waals surface area contributed by atoms with Crippen LogP contribution in [-0.2, 0) is 28.2 Å². The minimum atomic E-state index is -4.83. The first-order valence-electron chi connectivity index (χ1n) is 20.2. The van der Waals surface area contributed by atoms with Gasteiger partial charge in [-0.15, -0.1) is 0 Å². The average molecular weight is 771 g/mol. The van der Waals surface area contributed by atoms with E-state index >= 15 is 0 Å². The third kappa shape index (κ3) is 27.2. The maximum atomic E-state index is 12.5. The van der Waals surface area contributed by atoms with Crippen LogP contribution in [0.2, 0.25) is 0 Å². The Morgan fingerprint density at radius 2 is 1.34 bits per heavy atom. The van der Waals surface area contributed by atoms with Gasteiger partial charge in [-0.1, -0.05) is 114 Å². The third-order valence-electron chi connectivity index (χ3n) is 9.39. The van der Waals surface area contributed by atoms with Crippen molar-refractivity contribution in [2.45, 2.75) is 173 Å². The highest BCUT2D eigenvalue weighted by Gasteiger charge is 2.39. The Kier molecular flexibility index (Phi) is 28.7. The second kappa shape index (κ2) is 31.1. The number of hydrogen-bond donors (Lipinski definition) is 5.